The number of hydrogen-bond donors (Lipinski definition) is 0. The molecule has 0 saturated heterocycles. The molecule has 0 saturated carbocycles. The van der Waals surface area contributed by atoms with Crippen molar-refractivity contribution in [1.82, 2.24) is 0 Å². The molecule has 5 heterocycles. The highest BCUT2D eigenvalue weighted by atomic mass is 32.1. The molecule has 0 unspecified atom stereocenters. The van der Waals surface area contributed by atoms with Crippen LogP contribution in [0.15, 0.2) is 168 Å². The Bertz CT molecular complexity index is 3730. The second kappa shape index (κ2) is 14.6. The summed E-state index contributed by atoms with van der Waals surface area (Å²) in [4.78, 5) is 7.38. The molecule has 0 amide bonds. The number of anilines is 9. The van der Waals surface area contributed by atoms with Gasteiger partial charge < -0.3 is 23.9 Å². The molecule has 0 aliphatic carbocycles. The normalized spacial score (nSPS) is 14.2. The lowest BCUT2D eigenvalue weighted by Gasteiger charge is -2.44. The fourth-order valence-electron chi connectivity index (χ4n) is 11.1. The standard InChI is InChI=1S/C62H54BN3O2S/c1-60(2,3)37-21-26-40(27-22-37)64-42-30-32-46-50(36-42)66(57-53(67-52-20-13-11-16-47(52)64)33-31-44-43-15-10-12-19-51(43)68-58(44)57)49-18-14-17-48-55(49)63(46)59-56(45-35-39(62(7,8)9)25-34-54(45)69-59)65(48)41-28-23-38(24-29-41)61(4,5)6/h10-36H,1-9H3. The van der Waals surface area contributed by atoms with E-state index in [0.29, 0.717) is 5.75 Å². The average Bonchev–Trinajstić information content (AvgIpc) is 3.90. The van der Waals surface area contributed by atoms with E-state index in [-0.39, 0.29) is 23.0 Å². The quantitative estimate of drug-likeness (QED) is 0.161. The minimum absolute atomic E-state index is 0.0146. The number of hydrogen-bond acceptors (Lipinski definition) is 6. The molecule has 5 nitrogen and oxygen atoms in total. The van der Waals surface area contributed by atoms with E-state index in [1.54, 1.807) is 0 Å². The zero-order chi connectivity index (χ0) is 47.3. The first-order chi connectivity index (χ1) is 33.1. The maximum Gasteiger partial charge on any atom is 0.264 e. The predicted molar refractivity (Wildman–Crippen MR) is 294 cm³/mol. The van der Waals surface area contributed by atoms with E-state index < -0.39 is 0 Å². The Morgan fingerprint density at radius 1 is 0.435 bits per heavy atom. The molecule has 2 aromatic heterocycles. The Hall–Kier alpha value is -7.22. The smallest absolute Gasteiger partial charge is 0.264 e. The lowest BCUT2D eigenvalue weighted by molar-refractivity contribution is 0.484. The van der Waals surface area contributed by atoms with E-state index in [1.165, 1.54) is 53.9 Å². The van der Waals surface area contributed by atoms with Crippen LogP contribution in [0.3, 0.4) is 0 Å². The molecule has 3 aliphatic rings. The molecule has 0 fully saturated rings. The van der Waals surface area contributed by atoms with Crippen LogP contribution in [0.5, 0.6) is 11.5 Å². The maximum atomic E-state index is 7.36. The van der Waals surface area contributed by atoms with Crippen LogP contribution < -0.4 is 35.1 Å². The van der Waals surface area contributed by atoms with Crippen LogP contribution in [-0.4, -0.2) is 6.71 Å². The molecule has 7 heteroatoms. The van der Waals surface area contributed by atoms with Crippen molar-refractivity contribution in [3.63, 3.8) is 0 Å². The Kier molecular flexibility index (Phi) is 8.90. The number of nitrogens with zero attached hydrogens (tertiary/aromatic N) is 3. The number of para-hydroxylation sites is 3. The highest BCUT2D eigenvalue weighted by molar-refractivity contribution is 7.33. The number of thiophene rings is 1. The molecule has 8 aromatic carbocycles. The molecule has 13 rings (SSSR count). The van der Waals surface area contributed by atoms with E-state index in [9.17, 15) is 0 Å². The van der Waals surface area contributed by atoms with E-state index in [1.807, 2.05) is 11.3 Å². The zero-order valence-corrected chi connectivity index (χ0v) is 41.5. The molecule has 338 valence electrons. The van der Waals surface area contributed by atoms with Crippen molar-refractivity contribution in [2.45, 2.75) is 78.6 Å². The predicted octanol–water partition coefficient (Wildman–Crippen LogP) is 16.4. The molecule has 3 aliphatic heterocycles. The summed E-state index contributed by atoms with van der Waals surface area (Å²) in [6.45, 7) is 20.6. The van der Waals surface area contributed by atoms with E-state index >= 15 is 0 Å². The molecular formula is C62H54BN3O2S. The van der Waals surface area contributed by atoms with Gasteiger partial charge in [0.1, 0.15) is 11.3 Å². The van der Waals surface area contributed by atoms with Gasteiger partial charge in [-0.05, 0) is 135 Å². The van der Waals surface area contributed by atoms with Crippen LogP contribution in [0.1, 0.15) is 79.0 Å². The van der Waals surface area contributed by atoms with Crippen molar-refractivity contribution in [3.05, 3.63) is 180 Å². The van der Waals surface area contributed by atoms with E-state index in [2.05, 4.69) is 241 Å². The molecule has 2 bridgehead atoms. The van der Waals surface area contributed by atoms with Gasteiger partial charge in [0.2, 0.25) is 0 Å². The van der Waals surface area contributed by atoms with Crippen molar-refractivity contribution in [3.8, 4) is 11.5 Å². The number of furan rings is 1. The SMILES string of the molecule is CC(C)(C)c1ccc(N2c3ccc4c(c3)N(c3cccc5c3B4c3sc4ccc(C(C)(C)C)cc4c3N5c3ccc(C(C)(C)C)cc3)c3c(ccc4c3oc3ccccc34)Oc3ccccc32)cc1. The minimum atomic E-state index is -0.0546. The summed E-state index contributed by atoms with van der Waals surface area (Å²) in [5, 5.41) is 3.41. The van der Waals surface area contributed by atoms with Gasteiger partial charge in [0.25, 0.3) is 6.71 Å². The van der Waals surface area contributed by atoms with Gasteiger partial charge in [0.05, 0.1) is 11.4 Å². The third kappa shape index (κ3) is 6.36. The van der Waals surface area contributed by atoms with Crippen molar-refractivity contribution >= 4 is 117 Å². The molecule has 0 spiro atoms. The molecular weight excluding hydrogens is 862 g/mol. The van der Waals surface area contributed by atoms with Crippen molar-refractivity contribution < 1.29 is 9.15 Å². The van der Waals surface area contributed by atoms with Crippen LogP contribution in [0.25, 0.3) is 32.0 Å². The Morgan fingerprint density at radius 2 is 1.04 bits per heavy atom. The average molecular weight is 916 g/mol. The summed E-state index contributed by atoms with van der Waals surface area (Å²) >= 11 is 1.94. The van der Waals surface area contributed by atoms with Gasteiger partial charge in [-0.15, -0.1) is 11.3 Å². The summed E-state index contributed by atoms with van der Waals surface area (Å²) in [7, 11) is 0. The highest BCUT2D eigenvalue weighted by Crippen LogP contribution is 2.55. The van der Waals surface area contributed by atoms with E-state index in [4.69, 9.17) is 9.15 Å². The minimum Gasteiger partial charge on any atom is -0.454 e. The maximum absolute atomic E-state index is 7.36. The monoisotopic (exact) mass is 915 g/mol. The Labute approximate surface area is 409 Å². The first-order valence-electron chi connectivity index (χ1n) is 24.3. The Morgan fingerprint density at radius 3 is 1.75 bits per heavy atom. The first kappa shape index (κ1) is 41.9. The van der Waals surface area contributed by atoms with Crippen molar-refractivity contribution in [1.29, 1.82) is 0 Å². The van der Waals surface area contributed by atoms with Crippen LogP contribution in [0.2, 0.25) is 0 Å². The zero-order valence-electron chi connectivity index (χ0n) is 40.7. The van der Waals surface area contributed by atoms with Crippen molar-refractivity contribution in [2.24, 2.45) is 0 Å². The highest BCUT2D eigenvalue weighted by Gasteiger charge is 2.47. The number of fused-ring (bicyclic) bond motifs is 14. The van der Waals surface area contributed by atoms with Crippen LogP contribution in [-0.2, 0) is 16.2 Å². The third-order valence-electron chi connectivity index (χ3n) is 14.7. The number of ether oxygens (including phenoxy) is 1. The van der Waals surface area contributed by atoms with Gasteiger partial charge in [-0.1, -0.05) is 135 Å². The topological polar surface area (TPSA) is 32.1 Å². The fraction of sp³-hybridized carbons (Fsp3) is 0.194. The Balaban J connectivity index is 1.14. The summed E-state index contributed by atoms with van der Waals surface area (Å²) in [5.41, 5.74) is 17.8. The van der Waals surface area contributed by atoms with Gasteiger partial charge in [-0.3, -0.25) is 0 Å². The van der Waals surface area contributed by atoms with Gasteiger partial charge in [0.15, 0.2) is 17.1 Å². The van der Waals surface area contributed by atoms with Crippen LogP contribution in [0, 0.1) is 0 Å². The second-order valence-corrected chi connectivity index (χ2v) is 23.3. The summed E-state index contributed by atoms with van der Waals surface area (Å²) in [6, 6.07) is 60.7. The molecule has 10 aromatic rings. The first-order valence-corrected chi connectivity index (χ1v) is 25.1. The summed E-state index contributed by atoms with van der Waals surface area (Å²) in [5.74, 6) is 1.47. The molecule has 0 N–H and O–H groups in total. The van der Waals surface area contributed by atoms with Crippen LogP contribution >= 0.6 is 11.3 Å². The fourth-order valence-corrected chi connectivity index (χ4v) is 12.4. The van der Waals surface area contributed by atoms with Gasteiger partial charge in [-0.25, -0.2) is 0 Å². The molecule has 69 heavy (non-hydrogen) atoms. The lowest BCUT2D eigenvalue weighted by Crippen LogP contribution is -2.60. The third-order valence-corrected chi connectivity index (χ3v) is 15.9. The molecule has 0 radical (unpaired) electrons. The summed E-state index contributed by atoms with van der Waals surface area (Å²) in [6.07, 6.45) is 0. The summed E-state index contributed by atoms with van der Waals surface area (Å²) < 4.78 is 17.0. The number of benzene rings is 8. The largest absolute Gasteiger partial charge is 0.454 e. The van der Waals surface area contributed by atoms with Gasteiger partial charge in [-0.2, -0.15) is 0 Å². The van der Waals surface area contributed by atoms with Crippen molar-refractivity contribution in [2.75, 3.05) is 14.7 Å². The van der Waals surface area contributed by atoms with Gasteiger partial charge >= 0.3 is 0 Å². The second-order valence-electron chi connectivity index (χ2n) is 22.2. The molecule has 0 atom stereocenters. The lowest BCUT2D eigenvalue weighted by atomic mass is 9.36. The van der Waals surface area contributed by atoms with Gasteiger partial charge in [0, 0.05) is 59.8 Å². The van der Waals surface area contributed by atoms with Crippen LogP contribution in [0.4, 0.5) is 51.2 Å². The number of rotatable bonds is 2. The van der Waals surface area contributed by atoms with E-state index in [0.717, 1.165) is 67.5 Å².